The molecule has 0 amide bonds. The Morgan fingerprint density at radius 2 is 1.04 bits per heavy atom. The zero-order valence-corrected chi connectivity index (χ0v) is 30.7. The lowest BCUT2D eigenvalue weighted by Crippen LogP contribution is -2.28. The van der Waals surface area contributed by atoms with E-state index in [-0.39, 0.29) is 0 Å². The van der Waals surface area contributed by atoms with Crippen LogP contribution in [-0.4, -0.2) is 4.98 Å². The van der Waals surface area contributed by atoms with Gasteiger partial charge in [0.1, 0.15) is 5.82 Å². The number of aromatic nitrogens is 1. The van der Waals surface area contributed by atoms with Crippen LogP contribution in [0.4, 0.5) is 17.2 Å². The molecule has 1 aliphatic carbocycles. The van der Waals surface area contributed by atoms with E-state index < -0.39 is 5.41 Å². The van der Waals surface area contributed by atoms with Gasteiger partial charge < -0.3 is 0 Å². The monoisotopic (exact) mass is 718 g/mol. The average Bonchev–Trinajstić information content (AvgIpc) is 3.77. The second-order valence-corrected chi connectivity index (χ2v) is 15.4. The lowest BCUT2D eigenvalue weighted by atomic mass is 9.68. The minimum atomic E-state index is -0.505. The van der Waals surface area contributed by atoms with Crippen molar-refractivity contribution in [1.29, 1.82) is 0 Å². The molecule has 0 N–H and O–H groups in total. The molecule has 0 aliphatic heterocycles. The Kier molecular flexibility index (Phi) is 7.29. The third-order valence-corrected chi connectivity index (χ3v) is 12.5. The minimum absolute atomic E-state index is 0.505. The van der Waals surface area contributed by atoms with Gasteiger partial charge in [0.25, 0.3) is 0 Å². The molecule has 10 aromatic rings. The van der Waals surface area contributed by atoms with Gasteiger partial charge in [0, 0.05) is 32.9 Å². The van der Waals surface area contributed by atoms with E-state index in [1.165, 1.54) is 75.5 Å². The Bertz CT molecular complexity index is 2980. The molecule has 8 aromatic carbocycles. The van der Waals surface area contributed by atoms with Gasteiger partial charge in [-0.2, -0.15) is 0 Å². The van der Waals surface area contributed by atoms with Crippen LogP contribution in [0.25, 0.3) is 53.2 Å². The van der Waals surface area contributed by atoms with Gasteiger partial charge in [-0.3, -0.25) is 4.90 Å². The number of pyridine rings is 1. The van der Waals surface area contributed by atoms with E-state index in [4.69, 9.17) is 4.98 Å². The molecule has 0 fully saturated rings. The van der Waals surface area contributed by atoms with Crippen LogP contribution < -0.4 is 4.90 Å². The van der Waals surface area contributed by atoms with Crippen molar-refractivity contribution in [2.24, 2.45) is 0 Å². The van der Waals surface area contributed by atoms with Crippen LogP contribution in [0, 0.1) is 0 Å². The van der Waals surface area contributed by atoms with Crippen LogP contribution in [0.3, 0.4) is 0 Å². The second kappa shape index (κ2) is 12.7. The SMILES string of the molecule is c1ccc(-c2ccc(N(c3cc4c(cn3)sc3cc5ccccc5cc34)c3cccc4c3-c3ccccc3C4(c3ccccc3)c3ccccc3)cc2)cc1. The van der Waals surface area contributed by atoms with E-state index in [1.54, 1.807) is 0 Å². The summed E-state index contributed by atoms with van der Waals surface area (Å²) in [6.07, 6.45) is 2.07. The van der Waals surface area contributed by atoms with Gasteiger partial charge in [-0.05, 0) is 86.1 Å². The molecule has 0 bridgehead atoms. The number of hydrogen-bond acceptors (Lipinski definition) is 3. The first-order valence-corrected chi connectivity index (χ1v) is 19.6. The fourth-order valence-corrected chi connectivity index (χ4v) is 10.1. The van der Waals surface area contributed by atoms with Gasteiger partial charge >= 0.3 is 0 Å². The van der Waals surface area contributed by atoms with E-state index in [0.717, 1.165) is 17.2 Å². The Morgan fingerprint density at radius 3 is 1.76 bits per heavy atom. The zero-order valence-electron chi connectivity index (χ0n) is 29.9. The van der Waals surface area contributed by atoms with E-state index in [1.807, 2.05) is 11.3 Å². The summed E-state index contributed by atoms with van der Waals surface area (Å²) < 4.78 is 2.46. The van der Waals surface area contributed by atoms with Crippen molar-refractivity contribution >= 4 is 59.5 Å². The number of hydrogen-bond donors (Lipinski definition) is 0. The summed E-state index contributed by atoms with van der Waals surface area (Å²) >= 11 is 1.81. The van der Waals surface area contributed by atoms with Gasteiger partial charge in [0.15, 0.2) is 0 Å². The van der Waals surface area contributed by atoms with Crippen LogP contribution in [0.5, 0.6) is 0 Å². The highest BCUT2D eigenvalue weighted by atomic mass is 32.1. The molecule has 1 aliphatic rings. The maximum atomic E-state index is 5.28. The third-order valence-electron chi connectivity index (χ3n) is 11.4. The number of fused-ring (bicyclic) bond motifs is 7. The van der Waals surface area contributed by atoms with Crippen molar-refractivity contribution in [1.82, 2.24) is 4.98 Å². The largest absolute Gasteiger partial charge is 0.294 e. The predicted molar refractivity (Wildman–Crippen MR) is 232 cm³/mol. The van der Waals surface area contributed by atoms with Crippen molar-refractivity contribution in [2.45, 2.75) is 5.41 Å². The number of thiophene rings is 1. The fourth-order valence-electron chi connectivity index (χ4n) is 8.97. The predicted octanol–water partition coefficient (Wildman–Crippen LogP) is 14.1. The first kappa shape index (κ1) is 31.7. The smallest absolute Gasteiger partial charge is 0.138 e. The maximum absolute atomic E-state index is 5.28. The highest BCUT2D eigenvalue weighted by Gasteiger charge is 2.47. The zero-order chi connectivity index (χ0) is 36.3. The molecule has 2 nitrogen and oxygen atoms in total. The highest BCUT2D eigenvalue weighted by Crippen LogP contribution is 2.59. The van der Waals surface area contributed by atoms with Crippen molar-refractivity contribution in [3.8, 4) is 22.3 Å². The van der Waals surface area contributed by atoms with Gasteiger partial charge in [0.2, 0.25) is 0 Å². The number of anilines is 3. The molecule has 2 aromatic heterocycles. The first-order chi connectivity index (χ1) is 27.3. The molecule has 0 spiro atoms. The Morgan fingerprint density at radius 1 is 0.455 bits per heavy atom. The van der Waals surface area contributed by atoms with E-state index >= 15 is 0 Å². The van der Waals surface area contributed by atoms with Gasteiger partial charge in [-0.15, -0.1) is 11.3 Å². The summed E-state index contributed by atoms with van der Waals surface area (Å²) in [6.45, 7) is 0. The molecule has 0 saturated carbocycles. The van der Waals surface area contributed by atoms with Crippen LogP contribution in [0.2, 0.25) is 0 Å². The van der Waals surface area contributed by atoms with E-state index in [2.05, 4.69) is 211 Å². The Hall–Kier alpha value is -6.81. The fraction of sp³-hybridized carbons (Fsp3) is 0.0192. The summed E-state index contributed by atoms with van der Waals surface area (Å²) in [7, 11) is 0. The summed E-state index contributed by atoms with van der Waals surface area (Å²) in [5, 5.41) is 4.99. The molecular formula is C52H34N2S. The number of nitrogens with zero attached hydrogens (tertiary/aromatic N) is 2. The summed E-state index contributed by atoms with van der Waals surface area (Å²) in [6, 6.07) is 73.0. The number of benzene rings is 8. The van der Waals surface area contributed by atoms with Gasteiger partial charge in [-0.1, -0.05) is 164 Å². The average molecular weight is 719 g/mol. The Balaban J connectivity index is 1.19. The minimum Gasteiger partial charge on any atom is -0.294 e. The maximum Gasteiger partial charge on any atom is 0.138 e. The number of rotatable bonds is 6. The van der Waals surface area contributed by atoms with Gasteiger partial charge in [0.05, 0.1) is 15.8 Å². The summed E-state index contributed by atoms with van der Waals surface area (Å²) in [5.41, 5.74) is 11.5. The normalized spacial score (nSPS) is 12.9. The molecule has 0 radical (unpaired) electrons. The molecule has 0 atom stereocenters. The standard InChI is InChI=1S/C52H34N2S/c1-4-15-35(16-5-1)36-27-29-41(30-28-36)54(50-33-44-43-31-37-17-10-11-18-38(37)32-48(43)55-49(44)34-53-50)47-26-14-25-46-51(47)42-23-12-13-24-45(42)52(46,39-19-6-2-7-20-39)40-21-8-3-9-22-40/h1-34H. The van der Waals surface area contributed by atoms with Gasteiger partial charge in [-0.25, -0.2) is 4.98 Å². The molecular weight excluding hydrogens is 685 g/mol. The Labute approximate surface area is 324 Å². The van der Waals surface area contributed by atoms with E-state index in [9.17, 15) is 0 Å². The van der Waals surface area contributed by atoms with Crippen LogP contribution in [-0.2, 0) is 5.41 Å². The van der Waals surface area contributed by atoms with Crippen LogP contribution >= 0.6 is 11.3 Å². The molecule has 2 heterocycles. The molecule has 0 saturated heterocycles. The lowest BCUT2D eigenvalue weighted by molar-refractivity contribution is 0.768. The molecule has 55 heavy (non-hydrogen) atoms. The van der Waals surface area contributed by atoms with Crippen molar-refractivity contribution in [3.63, 3.8) is 0 Å². The second-order valence-electron chi connectivity index (χ2n) is 14.3. The van der Waals surface area contributed by atoms with E-state index in [0.29, 0.717) is 0 Å². The molecule has 0 unspecified atom stereocenters. The molecule has 258 valence electrons. The topological polar surface area (TPSA) is 16.1 Å². The third kappa shape index (κ3) is 4.90. The highest BCUT2D eigenvalue weighted by molar-refractivity contribution is 7.25. The van der Waals surface area contributed by atoms with Crippen LogP contribution in [0.15, 0.2) is 206 Å². The van der Waals surface area contributed by atoms with Crippen molar-refractivity contribution < 1.29 is 0 Å². The van der Waals surface area contributed by atoms with Crippen molar-refractivity contribution in [2.75, 3.05) is 4.90 Å². The first-order valence-electron chi connectivity index (χ1n) is 18.8. The quantitative estimate of drug-likeness (QED) is 0.170. The lowest BCUT2D eigenvalue weighted by Gasteiger charge is -2.34. The van der Waals surface area contributed by atoms with Crippen molar-refractivity contribution in [3.05, 3.63) is 229 Å². The molecule has 3 heteroatoms. The summed E-state index contributed by atoms with van der Waals surface area (Å²) in [4.78, 5) is 7.65. The molecule has 11 rings (SSSR count). The summed E-state index contributed by atoms with van der Waals surface area (Å²) in [5.74, 6) is 0.885. The van der Waals surface area contributed by atoms with Crippen LogP contribution in [0.1, 0.15) is 22.3 Å².